The molecule has 0 N–H and O–H groups in total. The van der Waals surface area contributed by atoms with Crippen LogP contribution in [0, 0.1) is 6.92 Å². The number of rotatable bonds is 3. The van der Waals surface area contributed by atoms with E-state index in [9.17, 15) is 0 Å². The van der Waals surface area contributed by atoms with Crippen LogP contribution in [0.2, 0.25) is 0 Å². The SMILES string of the molecule is Cc1cc(-c2ccccc2)cc(-c2ccccc2)[n+]1N1CCN(C)CC1. The number of pyridine rings is 1. The topological polar surface area (TPSA) is 10.4 Å². The molecule has 1 saturated heterocycles. The minimum absolute atomic E-state index is 1.05. The van der Waals surface area contributed by atoms with E-state index in [1.54, 1.807) is 0 Å². The van der Waals surface area contributed by atoms with Gasteiger partial charge in [0.25, 0.3) is 0 Å². The smallest absolute Gasteiger partial charge is 0.243 e. The third-order valence-corrected chi connectivity index (χ3v) is 5.16. The second-order valence-electron chi connectivity index (χ2n) is 7.07. The average molecular weight is 344 g/mol. The predicted molar refractivity (Wildman–Crippen MR) is 108 cm³/mol. The molecule has 3 aromatic rings. The van der Waals surface area contributed by atoms with E-state index in [4.69, 9.17) is 0 Å². The first kappa shape index (κ1) is 16.8. The van der Waals surface area contributed by atoms with Crippen molar-refractivity contribution in [3.63, 3.8) is 0 Å². The van der Waals surface area contributed by atoms with Gasteiger partial charge in [-0.05, 0) is 30.3 Å². The zero-order valence-electron chi connectivity index (χ0n) is 15.6. The molecule has 0 unspecified atom stereocenters. The Labute approximate surface area is 156 Å². The molecule has 0 bridgehead atoms. The summed E-state index contributed by atoms with van der Waals surface area (Å²) in [6.45, 7) is 6.51. The molecule has 132 valence electrons. The van der Waals surface area contributed by atoms with Crippen LogP contribution in [0.5, 0.6) is 0 Å². The Morgan fingerprint density at radius 3 is 1.88 bits per heavy atom. The molecule has 0 spiro atoms. The normalized spacial score (nSPS) is 15.2. The Bertz CT molecular complexity index is 867. The second kappa shape index (κ2) is 7.30. The molecule has 1 fully saturated rings. The van der Waals surface area contributed by atoms with Gasteiger partial charge in [-0.2, -0.15) is 5.01 Å². The van der Waals surface area contributed by atoms with Crippen LogP contribution in [0.3, 0.4) is 0 Å². The molecule has 26 heavy (non-hydrogen) atoms. The molecule has 3 heteroatoms. The number of aryl methyl sites for hydroxylation is 1. The third-order valence-electron chi connectivity index (χ3n) is 5.16. The molecular formula is C23H26N3+. The molecule has 0 atom stereocenters. The van der Waals surface area contributed by atoms with E-state index in [1.165, 1.54) is 28.1 Å². The van der Waals surface area contributed by atoms with Gasteiger partial charge >= 0.3 is 0 Å². The van der Waals surface area contributed by atoms with E-state index in [0.717, 1.165) is 26.2 Å². The van der Waals surface area contributed by atoms with Gasteiger partial charge in [0.1, 0.15) is 0 Å². The summed E-state index contributed by atoms with van der Waals surface area (Å²) in [4.78, 5) is 2.40. The Kier molecular flexibility index (Phi) is 4.72. The molecule has 1 aliphatic rings. The average Bonchev–Trinajstić information content (AvgIpc) is 2.70. The van der Waals surface area contributed by atoms with Gasteiger partial charge in [-0.1, -0.05) is 53.2 Å². The Balaban J connectivity index is 1.85. The fourth-order valence-corrected chi connectivity index (χ4v) is 3.71. The summed E-state index contributed by atoms with van der Waals surface area (Å²) in [6.07, 6.45) is 0. The summed E-state index contributed by atoms with van der Waals surface area (Å²) < 4.78 is 2.41. The van der Waals surface area contributed by atoms with Crippen LogP contribution in [-0.4, -0.2) is 38.1 Å². The molecule has 1 aliphatic heterocycles. The molecule has 0 saturated carbocycles. The van der Waals surface area contributed by atoms with Crippen molar-refractivity contribution in [3.8, 4) is 22.4 Å². The highest BCUT2D eigenvalue weighted by Crippen LogP contribution is 2.25. The lowest BCUT2D eigenvalue weighted by atomic mass is 10.0. The molecule has 0 radical (unpaired) electrons. The van der Waals surface area contributed by atoms with Crippen LogP contribution < -0.4 is 9.69 Å². The van der Waals surface area contributed by atoms with E-state index in [-0.39, 0.29) is 0 Å². The van der Waals surface area contributed by atoms with Crippen LogP contribution in [0.15, 0.2) is 72.8 Å². The Morgan fingerprint density at radius 1 is 0.692 bits per heavy atom. The maximum Gasteiger partial charge on any atom is 0.243 e. The number of nitrogens with zero attached hydrogens (tertiary/aromatic N) is 3. The third kappa shape index (κ3) is 3.35. The van der Waals surface area contributed by atoms with Gasteiger partial charge in [-0.15, -0.1) is 0 Å². The largest absolute Gasteiger partial charge is 0.302 e. The number of hydrogen-bond donors (Lipinski definition) is 0. The van der Waals surface area contributed by atoms with Crippen molar-refractivity contribution < 1.29 is 4.68 Å². The number of piperazine rings is 1. The lowest BCUT2D eigenvalue weighted by molar-refractivity contribution is -0.689. The van der Waals surface area contributed by atoms with Gasteiger partial charge in [-0.3, -0.25) is 0 Å². The lowest BCUT2D eigenvalue weighted by Crippen LogP contribution is -2.66. The van der Waals surface area contributed by atoms with Crippen molar-refractivity contribution in [1.29, 1.82) is 0 Å². The van der Waals surface area contributed by atoms with Crippen molar-refractivity contribution in [1.82, 2.24) is 4.90 Å². The summed E-state index contributed by atoms with van der Waals surface area (Å²) in [5.41, 5.74) is 6.32. The van der Waals surface area contributed by atoms with Gasteiger partial charge in [0.2, 0.25) is 11.4 Å². The number of likely N-dealkylation sites (N-methyl/N-ethyl adjacent to an activating group) is 1. The summed E-state index contributed by atoms with van der Waals surface area (Å²) in [5.74, 6) is 0. The predicted octanol–water partition coefficient (Wildman–Crippen LogP) is 3.50. The van der Waals surface area contributed by atoms with Crippen molar-refractivity contribution in [3.05, 3.63) is 78.5 Å². The summed E-state index contributed by atoms with van der Waals surface area (Å²) in [7, 11) is 2.20. The van der Waals surface area contributed by atoms with Gasteiger partial charge in [0.15, 0.2) is 0 Å². The molecule has 0 amide bonds. The molecule has 0 aliphatic carbocycles. The summed E-state index contributed by atoms with van der Waals surface area (Å²) in [6, 6.07) is 26.0. The van der Waals surface area contributed by atoms with Crippen LogP contribution in [0.25, 0.3) is 22.4 Å². The zero-order valence-corrected chi connectivity index (χ0v) is 15.6. The van der Waals surface area contributed by atoms with Crippen molar-refractivity contribution >= 4 is 0 Å². The van der Waals surface area contributed by atoms with E-state index in [0.29, 0.717) is 0 Å². The molecule has 1 aromatic heterocycles. The van der Waals surface area contributed by atoms with Crippen molar-refractivity contribution in [2.45, 2.75) is 6.92 Å². The standard InChI is InChI=1S/C23H26N3/c1-19-17-22(20-9-5-3-6-10-20)18-23(21-11-7-4-8-12-21)26(19)25-15-13-24(2)14-16-25/h3-12,17-18H,13-16H2,1-2H3/q+1. The van der Waals surface area contributed by atoms with E-state index in [2.05, 4.69) is 101 Å². The first-order chi connectivity index (χ1) is 12.7. The van der Waals surface area contributed by atoms with Crippen molar-refractivity contribution in [2.75, 3.05) is 38.2 Å². The molecule has 2 heterocycles. The van der Waals surface area contributed by atoms with E-state index in [1.807, 2.05) is 0 Å². The minimum atomic E-state index is 1.05. The minimum Gasteiger partial charge on any atom is -0.302 e. The van der Waals surface area contributed by atoms with E-state index >= 15 is 0 Å². The van der Waals surface area contributed by atoms with Crippen LogP contribution in [0.4, 0.5) is 0 Å². The van der Waals surface area contributed by atoms with Crippen molar-refractivity contribution in [2.24, 2.45) is 0 Å². The van der Waals surface area contributed by atoms with Gasteiger partial charge in [0, 0.05) is 37.7 Å². The first-order valence-electron chi connectivity index (χ1n) is 9.34. The lowest BCUT2D eigenvalue weighted by Gasteiger charge is -2.30. The fourth-order valence-electron chi connectivity index (χ4n) is 3.71. The highest BCUT2D eigenvalue weighted by atomic mass is 15.6. The molecular weight excluding hydrogens is 318 g/mol. The van der Waals surface area contributed by atoms with Gasteiger partial charge in [0.05, 0.1) is 13.1 Å². The first-order valence-corrected chi connectivity index (χ1v) is 9.34. The Morgan fingerprint density at radius 2 is 1.27 bits per heavy atom. The highest BCUT2D eigenvalue weighted by Gasteiger charge is 2.27. The maximum atomic E-state index is 2.48. The summed E-state index contributed by atoms with van der Waals surface area (Å²) in [5, 5.41) is 2.48. The summed E-state index contributed by atoms with van der Waals surface area (Å²) >= 11 is 0. The van der Waals surface area contributed by atoms with Crippen LogP contribution in [-0.2, 0) is 0 Å². The van der Waals surface area contributed by atoms with Gasteiger partial charge in [-0.25, -0.2) is 0 Å². The fraction of sp³-hybridized carbons (Fsp3) is 0.261. The second-order valence-corrected chi connectivity index (χ2v) is 7.07. The number of benzene rings is 2. The van der Waals surface area contributed by atoms with Gasteiger partial charge < -0.3 is 4.90 Å². The Hall–Kier alpha value is -2.65. The van der Waals surface area contributed by atoms with E-state index < -0.39 is 0 Å². The maximum absolute atomic E-state index is 2.48. The highest BCUT2D eigenvalue weighted by molar-refractivity contribution is 5.69. The number of hydrogen-bond acceptors (Lipinski definition) is 2. The monoisotopic (exact) mass is 344 g/mol. The molecule has 4 rings (SSSR count). The van der Waals surface area contributed by atoms with Crippen LogP contribution >= 0.6 is 0 Å². The van der Waals surface area contributed by atoms with Crippen LogP contribution in [0.1, 0.15) is 5.69 Å². The number of aromatic nitrogens is 1. The zero-order chi connectivity index (χ0) is 17.9. The quantitative estimate of drug-likeness (QED) is 0.673. The molecule has 3 nitrogen and oxygen atoms in total. The molecule has 2 aromatic carbocycles.